The van der Waals surface area contributed by atoms with Gasteiger partial charge in [-0.1, -0.05) is 35.0 Å². The molecule has 0 saturated carbocycles. The number of nitrogens with two attached hydrogens (primary N) is 1. The molecular formula is C17H19N3O. The number of benzene rings is 2. The highest BCUT2D eigenvalue weighted by molar-refractivity contribution is 6.03. The Kier molecular flexibility index (Phi) is 3.52. The van der Waals surface area contributed by atoms with Crippen LogP contribution in [0.15, 0.2) is 47.6 Å². The van der Waals surface area contributed by atoms with Gasteiger partial charge in [-0.25, -0.2) is 0 Å². The molecule has 0 aliphatic carbocycles. The van der Waals surface area contributed by atoms with Crippen molar-refractivity contribution in [3.05, 3.63) is 59.2 Å². The molecule has 0 aromatic heterocycles. The molecule has 2 aromatic carbocycles. The standard InChI is InChI=1S/C17H19N3O/c1-12-8-9-15-13(11-12)5-4-10-20(15)16-7-3-2-6-14(16)17(18)19-21/h2-3,6-9,11,21H,4-5,10H2,1H3,(H2,18,19). The van der Waals surface area contributed by atoms with Gasteiger partial charge in [-0.05, 0) is 43.5 Å². The van der Waals surface area contributed by atoms with Crippen molar-refractivity contribution in [2.24, 2.45) is 10.9 Å². The normalized spacial score (nSPS) is 14.9. The molecule has 0 atom stereocenters. The molecule has 0 amide bonds. The van der Waals surface area contributed by atoms with Crippen molar-refractivity contribution in [1.29, 1.82) is 0 Å². The van der Waals surface area contributed by atoms with Crippen molar-refractivity contribution >= 4 is 17.2 Å². The molecule has 0 saturated heterocycles. The summed E-state index contributed by atoms with van der Waals surface area (Å²) in [5.74, 6) is 0.143. The highest BCUT2D eigenvalue weighted by Gasteiger charge is 2.21. The van der Waals surface area contributed by atoms with Crippen LogP contribution in [0.2, 0.25) is 0 Å². The van der Waals surface area contributed by atoms with Crippen LogP contribution in [0, 0.1) is 6.92 Å². The molecule has 2 aromatic rings. The Labute approximate surface area is 124 Å². The summed E-state index contributed by atoms with van der Waals surface area (Å²) in [6, 6.07) is 14.3. The molecule has 0 unspecified atom stereocenters. The van der Waals surface area contributed by atoms with Crippen molar-refractivity contribution in [2.45, 2.75) is 19.8 Å². The number of hydrogen-bond donors (Lipinski definition) is 2. The van der Waals surface area contributed by atoms with E-state index in [0.717, 1.165) is 30.6 Å². The van der Waals surface area contributed by atoms with Crippen molar-refractivity contribution in [1.82, 2.24) is 0 Å². The van der Waals surface area contributed by atoms with Gasteiger partial charge in [0.15, 0.2) is 5.84 Å². The topological polar surface area (TPSA) is 61.8 Å². The zero-order valence-electron chi connectivity index (χ0n) is 12.1. The van der Waals surface area contributed by atoms with Crippen LogP contribution in [-0.4, -0.2) is 17.6 Å². The van der Waals surface area contributed by atoms with Gasteiger partial charge in [0.1, 0.15) is 0 Å². The third kappa shape index (κ3) is 2.44. The molecular weight excluding hydrogens is 262 g/mol. The van der Waals surface area contributed by atoms with Gasteiger partial charge in [0.05, 0.1) is 5.69 Å². The largest absolute Gasteiger partial charge is 0.409 e. The molecule has 4 heteroatoms. The minimum Gasteiger partial charge on any atom is -0.409 e. The molecule has 108 valence electrons. The van der Waals surface area contributed by atoms with Crippen LogP contribution in [0.5, 0.6) is 0 Å². The fourth-order valence-electron chi connectivity index (χ4n) is 2.96. The number of fused-ring (bicyclic) bond motifs is 1. The van der Waals surface area contributed by atoms with E-state index in [-0.39, 0.29) is 5.84 Å². The van der Waals surface area contributed by atoms with Gasteiger partial charge < -0.3 is 15.8 Å². The smallest absolute Gasteiger partial charge is 0.172 e. The first kappa shape index (κ1) is 13.5. The van der Waals surface area contributed by atoms with Crippen LogP contribution in [0.25, 0.3) is 0 Å². The Balaban J connectivity index is 2.12. The number of anilines is 2. The minimum atomic E-state index is 0.143. The number of nitrogens with zero attached hydrogens (tertiary/aromatic N) is 2. The SMILES string of the molecule is Cc1ccc2c(c1)CCCN2c1ccccc1/C(N)=N/O. The third-order valence-electron chi connectivity index (χ3n) is 3.93. The Morgan fingerprint density at radius 1 is 1.19 bits per heavy atom. The lowest BCUT2D eigenvalue weighted by Crippen LogP contribution is -2.27. The molecule has 4 nitrogen and oxygen atoms in total. The first-order valence-electron chi connectivity index (χ1n) is 7.14. The van der Waals surface area contributed by atoms with Crippen LogP contribution in [0.3, 0.4) is 0 Å². The van der Waals surface area contributed by atoms with Crippen LogP contribution in [0.1, 0.15) is 23.1 Å². The zero-order chi connectivity index (χ0) is 14.8. The van der Waals surface area contributed by atoms with E-state index in [9.17, 15) is 0 Å². The number of para-hydroxylation sites is 1. The second kappa shape index (κ2) is 5.48. The summed E-state index contributed by atoms with van der Waals surface area (Å²) in [6.07, 6.45) is 2.19. The van der Waals surface area contributed by atoms with E-state index < -0.39 is 0 Å². The molecule has 1 aliphatic heterocycles. The zero-order valence-corrected chi connectivity index (χ0v) is 12.1. The van der Waals surface area contributed by atoms with Crippen LogP contribution < -0.4 is 10.6 Å². The summed E-state index contributed by atoms with van der Waals surface area (Å²) in [5, 5.41) is 12.1. The molecule has 21 heavy (non-hydrogen) atoms. The van der Waals surface area contributed by atoms with Gasteiger partial charge >= 0.3 is 0 Å². The van der Waals surface area contributed by atoms with E-state index in [2.05, 4.69) is 35.2 Å². The van der Waals surface area contributed by atoms with Crippen molar-refractivity contribution in [3.8, 4) is 0 Å². The van der Waals surface area contributed by atoms with E-state index in [1.165, 1.54) is 16.8 Å². The van der Waals surface area contributed by atoms with Gasteiger partial charge in [-0.2, -0.15) is 0 Å². The van der Waals surface area contributed by atoms with E-state index in [1.807, 2.05) is 24.3 Å². The lowest BCUT2D eigenvalue weighted by molar-refractivity contribution is 0.318. The lowest BCUT2D eigenvalue weighted by Gasteiger charge is -2.32. The molecule has 3 rings (SSSR count). The van der Waals surface area contributed by atoms with Crippen LogP contribution >= 0.6 is 0 Å². The summed E-state index contributed by atoms with van der Waals surface area (Å²) in [7, 11) is 0. The Morgan fingerprint density at radius 3 is 2.81 bits per heavy atom. The molecule has 0 fully saturated rings. The first-order valence-corrected chi connectivity index (χ1v) is 7.14. The molecule has 1 heterocycles. The van der Waals surface area contributed by atoms with Gasteiger partial charge in [-0.15, -0.1) is 0 Å². The number of amidine groups is 1. The van der Waals surface area contributed by atoms with Crippen molar-refractivity contribution in [3.63, 3.8) is 0 Å². The first-order chi connectivity index (χ1) is 10.2. The highest BCUT2D eigenvalue weighted by Crippen LogP contribution is 2.35. The van der Waals surface area contributed by atoms with E-state index >= 15 is 0 Å². The maximum atomic E-state index is 8.99. The Bertz CT molecular complexity index is 694. The van der Waals surface area contributed by atoms with Crippen LogP contribution in [0.4, 0.5) is 11.4 Å². The molecule has 3 N–H and O–H groups in total. The lowest BCUT2D eigenvalue weighted by atomic mass is 9.98. The summed E-state index contributed by atoms with van der Waals surface area (Å²) in [4.78, 5) is 2.26. The van der Waals surface area contributed by atoms with E-state index in [1.54, 1.807) is 0 Å². The second-order valence-corrected chi connectivity index (χ2v) is 5.39. The summed E-state index contributed by atoms with van der Waals surface area (Å²) < 4.78 is 0. The maximum Gasteiger partial charge on any atom is 0.172 e. The van der Waals surface area contributed by atoms with Gasteiger partial charge in [0.2, 0.25) is 0 Å². The second-order valence-electron chi connectivity index (χ2n) is 5.39. The van der Waals surface area contributed by atoms with Crippen molar-refractivity contribution < 1.29 is 5.21 Å². The van der Waals surface area contributed by atoms with E-state index in [4.69, 9.17) is 10.9 Å². The molecule has 1 aliphatic rings. The van der Waals surface area contributed by atoms with Gasteiger partial charge in [0.25, 0.3) is 0 Å². The minimum absolute atomic E-state index is 0.143. The van der Waals surface area contributed by atoms with Crippen LogP contribution in [-0.2, 0) is 6.42 Å². The third-order valence-corrected chi connectivity index (χ3v) is 3.93. The summed E-state index contributed by atoms with van der Waals surface area (Å²) >= 11 is 0. The molecule has 0 radical (unpaired) electrons. The predicted molar refractivity (Wildman–Crippen MR) is 85.5 cm³/mol. The number of oxime groups is 1. The fraction of sp³-hybridized carbons (Fsp3) is 0.235. The quantitative estimate of drug-likeness (QED) is 0.385. The predicted octanol–water partition coefficient (Wildman–Crippen LogP) is 3.17. The highest BCUT2D eigenvalue weighted by atomic mass is 16.4. The Morgan fingerprint density at radius 2 is 2.00 bits per heavy atom. The number of aryl methyl sites for hydroxylation is 2. The summed E-state index contributed by atoms with van der Waals surface area (Å²) in [6.45, 7) is 3.05. The van der Waals surface area contributed by atoms with Gasteiger partial charge in [0, 0.05) is 17.8 Å². The van der Waals surface area contributed by atoms with Crippen molar-refractivity contribution in [2.75, 3.05) is 11.4 Å². The Hall–Kier alpha value is -2.49. The average Bonchev–Trinajstić information content (AvgIpc) is 2.53. The van der Waals surface area contributed by atoms with E-state index in [0.29, 0.717) is 0 Å². The monoisotopic (exact) mass is 281 g/mol. The number of hydrogen-bond acceptors (Lipinski definition) is 3. The van der Waals surface area contributed by atoms with Gasteiger partial charge in [-0.3, -0.25) is 0 Å². The average molecular weight is 281 g/mol. The fourth-order valence-corrected chi connectivity index (χ4v) is 2.96. The summed E-state index contributed by atoms with van der Waals surface area (Å²) in [5.41, 5.74) is 11.4. The number of rotatable bonds is 2. The molecule has 0 spiro atoms. The maximum absolute atomic E-state index is 8.99. The molecule has 0 bridgehead atoms.